The first kappa shape index (κ1) is 22.9. The second-order valence-corrected chi connectivity index (χ2v) is 13.3. The van der Waals surface area contributed by atoms with Crippen molar-refractivity contribution in [2.75, 3.05) is 0 Å². The Hall–Kier alpha value is -0.300. The summed E-state index contributed by atoms with van der Waals surface area (Å²) in [5.74, 6) is 4.91. The fourth-order valence-corrected chi connectivity index (χ4v) is 8.89. The van der Waals surface area contributed by atoms with Crippen LogP contribution in [0.4, 0.5) is 0 Å². The molecule has 172 valence electrons. The SMILES string of the molecule is CC(C)C(C)CC[C@@H](C)[C@H]1CC[C@@]2(C)[C@@H]3CC[C@H]4C[C@@H](O)CC[C@]4(C)C3=CC[C@]12C. The quantitative estimate of drug-likeness (QED) is 0.451. The number of hydrogen-bond acceptors (Lipinski definition) is 1. The number of fused-ring (bicyclic) bond motifs is 5. The van der Waals surface area contributed by atoms with Crippen molar-refractivity contribution in [2.24, 2.45) is 51.8 Å². The van der Waals surface area contributed by atoms with Gasteiger partial charge < -0.3 is 5.11 Å². The van der Waals surface area contributed by atoms with Crippen molar-refractivity contribution in [1.29, 1.82) is 0 Å². The van der Waals surface area contributed by atoms with Crippen molar-refractivity contribution in [3.8, 4) is 0 Å². The van der Waals surface area contributed by atoms with Crippen LogP contribution in [0.25, 0.3) is 0 Å². The summed E-state index contributed by atoms with van der Waals surface area (Å²) in [7, 11) is 0. The predicted molar refractivity (Wildman–Crippen MR) is 128 cm³/mol. The molecule has 3 saturated carbocycles. The van der Waals surface area contributed by atoms with Gasteiger partial charge in [0.25, 0.3) is 0 Å². The molecule has 0 bridgehead atoms. The Kier molecular flexibility index (Phi) is 6.05. The average Bonchev–Trinajstić information content (AvgIpc) is 2.97. The van der Waals surface area contributed by atoms with Crippen LogP contribution in [-0.2, 0) is 0 Å². The van der Waals surface area contributed by atoms with Gasteiger partial charge in [0.2, 0.25) is 0 Å². The van der Waals surface area contributed by atoms with E-state index in [9.17, 15) is 5.11 Å². The molecule has 0 heterocycles. The maximum absolute atomic E-state index is 10.3. The molecule has 0 aromatic heterocycles. The van der Waals surface area contributed by atoms with Crippen LogP contribution in [-0.4, -0.2) is 11.2 Å². The molecule has 0 aromatic rings. The number of aliphatic hydroxyl groups excluding tert-OH is 1. The number of hydrogen-bond donors (Lipinski definition) is 1. The Labute approximate surface area is 187 Å². The molecular formula is C29H50O. The zero-order valence-electron chi connectivity index (χ0n) is 21.1. The predicted octanol–water partition coefficient (Wildman–Crippen LogP) is 8.02. The lowest BCUT2D eigenvalue weighted by Gasteiger charge is -2.61. The molecule has 9 atom stereocenters. The van der Waals surface area contributed by atoms with E-state index >= 15 is 0 Å². The Morgan fingerprint density at radius 2 is 1.67 bits per heavy atom. The topological polar surface area (TPSA) is 20.2 Å². The lowest BCUT2D eigenvalue weighted by atomic mass is 9.44. The normalized spacial score (nSPS) is 47.8. The van der Waals surface area contributed by atoms with Gasteiger partial charge in [0, 0.05) is 0 Å². The molecule has 4 rings (SSSR count). The molecule has 0 saturated heterocycles. The largest absolute Gasteiger partial charge is 0.393 e. The summed E-state index contributed by atoms with van der Waals surface area (Å²) >= 11 is 0. The summed E-state index contributed by atoms with van der Waals surface area (Å²) in [6, 6.07) is 0. The molecule has 0 spiro atoms. The van der Waals surface area contributed by atoms with E-state index < -0.39 is 0 Å². The van der Waals surface area contributed by atoms with Crippen LogP contribution in [0.2, 0.25) is 0 Å². The molecule has 0 amide bonds. The fourth-order valence-electron chi connectivity index (χ4n) is 8.89. The maximum atomic E-state index is 10.3. The van der Waals surface area contributed by atoms with Crippen LogP contribution in [0, 0.1) is 51.8 Å². The summed E-state index contributed by atoms with van der Waals surface area (Å²) in [4.78, 5) is 0. The van der Waals surface area contributed by atoms with E-state index in [4.69, 9.17) is 0 Å². The van der Waals surface area contributed by atoms with E-state index in [1.54, 1.807) is 0 Å². The smallest absolute Gasteiger partial charge is 0.0543 e. The standard InChI is InChI=1S/C29H50O/c1-19(2)20(3)8-9-21(4)24-13-16-29(7)26-11-10-22-18-23(30)12-15-27(22,5)25(26)14-17-28(24,29)6/h14,19-24,26,30H,8-13,15-18H2,1-7H3/t20?,21-,22+,23+,24-,26-,27+,28-,29+/m1/s1. The minimum absolute atomic E-state index is 0.0467. The van der Waals surface area contributed by atoms with E-state index in [0.29, 0.717) is 22.2 Å². The third kappa shape index (κ3) is 3.36. The summed E-state index contributed by atoms with van der Waals surface area (Å²) in [6.07, 6.45) is 15.7. The van der Waals surface area contributed by atoms with Gasteiger partial charge in [-0.2, -0.15) is 0 Å². The van der Waals surface area contributed by atoms with Crippen LogP contribution in [0.3, 0.4) is 0 Å². The molecule has 0 aliphatic heterocycles. The van der Waals surface area contributed by atoms with Crippen molar-refractivity contribution in [1.82, 2.24) is 0 Å². The van der Waals surface area contributed by atoms with E-state index in [-0.39, 0.29) is 6.10 Å². The monoisotopic (exact) mass is 414 g/mol. The summed E-state index contributed by atoms with van der Waals surface area (Å²) in [6.45, 7) is 17.7. The zero-order valence-corrected chi connectivity index (χ0v) is 21.1. The Morgan fingerprint density at radius 3 is 2.37 bits per heavy atom. The molecule has 30 heavy (non-hydrogen) atoms. The highest BCUT2D eigenvalue weighted by Gasteiger charge is 2.63. The molecule has 1 N–H and O–H groups in total. The molecule has 3 fully saturated rings. The van der Waals surface area contributed by atoms with Gasteiger partial charge in [-0.1, -0.05) is 73.0 Å². The van der Waals surface area contributed by atoms with Crippen molar-refractivity contribution >= 4 is 0 Å². The first-order valence-corrected chi connectivity index (χ1v) is 13.4. The Balaban J connectivity index is 1.56. The van der Waals surface area contributed by atoms with Crippen LogP contribution >= 0.6 is 0 Å². The van der Waals surface area contributed by atoms with Crippen molar-refractivity contribution in [3.63, 3.8) is 0 Å². The molecular weight excluding hydrogens is 364 g/mol. The van der Waals surface area contributed by atoms with Gasteiger partial charge in [-0.3, -0.25) is 0 Å². The lowest BCUT2D eigenvalue weighted by molar-refractivity contribution is -0.0562. The molecule has 0 aromatic carbocycles. The molecule has 1 unspecified atom stereocenters. The van der Waals surface area contributed by atoms with Crippen LogP contribution in [0.1, 0.15) is 113 Å². The van der Waals surface area contributed by atoms with E-state index in [2.05, 4.69) is 54.5 Å². The second kappa shape index (κ2) is 7.93. The van der Waals surface area contributed by atoms with Gasteiger partial charge >= 0.3 is 0 Å². The highest BCUT2D eigenvalue weighted by Crippen LogP contribution is 2.71. The summed E-state index contributed by atoms with van der Waals surface area (Å²) < 4.78 is 0. The molecule has 4 aliphatic rings. The van der Waals surface area contributed by atoms with Crippen molar-refractivity contribution in [2.45, 2.75) is 119 Å². The van der Waals surface area contributed by atoms with Crippen LogP contribution in [0.15, 0.2) is 11.6 Å². The van der Waals surface area contributed by atoms with Gasteiger partial charge in [0.1, 0.15) is 0 Å². The van der Waals surface area contributed by atoms with Crippen molar-refractivity contribution in [3.05, 3.63) is 11.6 Å². The van der Waals surface area contributed by atoms with Gasteiger partial charge in [-0.15, -0.1) is 0 Å². The lowest BCUT2D eigenvalue weighted by Crippen LogP contribution is -2.53. The number of rotatable bonds is 5. The first-order chi connectivity index (χ1) is 14.0. The minimum Gasteiger partial charge on any atom is -0.393 e. The summed E-state index contributed by atoms with van der Waals surface area (Å²) in [5.41, 5.74) is 3.14. The van der Waals surface area contributed by atoms with Gasteiger partial charge in [0.05, 0.1) is 6.10 Å². The highest BCUT2D eigenvalue weighted by molar-refractivity contribution is 5.31. The fraction of sp³-hybridized carbons (Fsp3) is 0.931. The zero-order chi connectivity index (χ0) is 21.9. The van der Waals surface area contributed by atoms with Crippen LogP contribution in [0.5, 0.6) is 0 Å². The minimum atomic E-state index is -0.0467. The second-order valence-electron chi connectivity index (χ2n) is 13.3. The molecule has 4 aliphatic carbocycles. The third-order valence-electron chi connectivity index (χ3n) is 11.8. The first-order valence-electron chi connectivity index (χ1n) is 13.4. The average molecular weight is 415 g/mol. The maximum Gasteiger partial charge on any atom is 0.0543 e. The Morgan fingerprint density at radius 1 is 0.933 bits per heavy atom. The third-order valence-corrected chi connectivity index (χ3v) is 11.8. The molecule has 1 heteroatoms. The van der Waals surface area contributed by atoms with Gasteiger partial charge in [-0.25, -0.2) is 0 Å². The van der Waals surface area contributed by atoms with Gasteiger partial charge in [-0.05, 0) is 103 Å². The summed E-state index contributed by atoms with van der Waals surface area (Å²) in [5, 5.41) is 10.3. The van der Waals surface area contributed by atoms with Crippen LogP contribution < -0.4 is 0 Å². The molecule has 0 radical (unpaired) electrons. The molecule has 1 nitrogen and oxygen atoms in total. The number of aliphatic hydroxyl groups is 1. The van der Waals surface area contributed by atoms with Crippen molar-refractivity contribution < 1.29 is 5.11 Å². The van der Waals surface area contributed by atoms with E-state index in [1.807, 2.05) is 5.57 Å². The highest BCUT2D eigenvalue weighted by atomic mass is 16.3. The van der Waals surface area contributed by atoms with E-state index in [1.165, 1.54) is 51.4 Å². The van der Waals surface area contributed by atoms with E-state index in [0.717, 1.165) is 42.4 Å². The number of allylic oxidation sites excluding steroid dienone is 2. The Bertz CT molecular complexity index is 663. The van der Waals surface area contributed by atoms with Gasteiger partial charge in [0.15, 0.2) is 0 Å².